The largest absolute Gasteiger partial charge is 0.457 e. The molecular formula is C6H12NO2-. The minimum atomic E-state index is -0.601. The van der Waals surface area contributed by atoms with Crippen LogP contribution in [0.15, 0.2) is 0 Å². The van der Waals surface area contributed by atoms with Gasteiger partial charge in [-0.25, -0.2) is 0 Å². The van der Waals surface area contributed by atoms with Crippen LogP contribution in [0.4, 0.5) is 0 Å². The summed E-state index contributed by atoms with van der Waals surface area (Å²) in [4.78, 5) is 1.76. The second-order valence-electron chi connectivity index (χ2n) is 2.50. The molecule has 0 unspecified atom stereocenters. The van der Waals surface area contributed by atoms with Crippen LogP contribution in [0.1, 0.15) is 6.42 Å². The molecule has 0 aromatic rings. The average Bonchev–Trinajstić information content (AvgIpc) is 1.80. The molecule has 2 N–H and O–H groups in total. The van der Waals surface area contributed by atoms with Crippen LogP contribution in [0, 0.1) is 7.05 Å². The van der Waals surface area contributed by atoms with Crippen LogP contribution < -0.4 is 0 Å². The number of β-amino-alcohol motifs (C(OH)–C–C–N with tert-alkyl or cyclic N) is 1. The molecule has 9 heavy (non-hydrogen) atoms. The van der Waals surface area contributed by atoms with Crippen molar-refractivity contribution in [2.45, 2.75) is 18.6 Å². The van der Waals surface area contributed by atoms with E-state index in [1.807, 2.05) is 0 Å². The number of aliphatic hydroxyl groups excluding tert-OH is 2. The third-order valence-electron chi connectivity index (χ3n) is 1.63. The van der Waals surface area contributed by atoms with Crippen LogP contribution in [-0.2, 0) is 0 Å². The monoisotopic (exact) mass is 130 g/mol. The molecule has 1 fully saturated rings. The lowest BCUT2D eigenvalue weighted by Gasteiger charge is -2.35. The number of piperidine rings is 1. The number of hydrogen-bond donors (Lipinski definition) is 2. The molecule has 0 aromatic heterocycles. The number of rotatable bonds is 0. The zero-order valence-corrected chi connectivity index (χ0v) is 5.32. The van der Waals surface area contributed by atoms with Crippen LogP contribution in [0.2, 0.25) is 0 Å². The van der Waals surface area contributed by atoms with Crippen LogP contribution >= 0.6 is 0 Å². The van der Waals surface area contributed by atoms with Gasteiger partial charge in [-0.05, 0) is 19.5 Å². The van der Waals surface area contributed by atoms with Crippen LogP contribution in [0.3, 0.4) is 0 Å². The molecule has 1 aliphatic heterocycles. The smallest absolute Gasteiger partial charge is 0.0901 e. The molecule has 0 radical (unpaired) electrons. The Kier molecular flexibility index (Phi) is 2.05. The van der Waals surface area contributed by atoms with E-state index in [2.05, 4.69) is 7.05 Å². The summed E-state index contributed by atoms with van der Waals surface area (Å²) in [7, 11) is 3.64. The second kappa shape index (κ2) is 2.64. The first-order chi connectivity index (χ1) is 4.20. The van der Waals surface area contributed by atoms with Crippen LogP contribution in [-0.4, -0.2) is 40.4 Å². The summed E-state index contributed by atoms with van der Waals surface area (Å²) in [6, 6.07) is 0. The molecule has 1 aliphatic rings. The van der Waals surface area contributed by atoms with Crippen LogP contribution in [0.5, 0.6) is 0 Å². The summed E-state index contributed by atoms with van der Waals surface area (Å²) >= 11 is 0. The first-order valence-corrected chi connectivity index (χ1v) is 3.11. The Balaban J connectivity index is 2.35. The maximum Gasteiger partial charge on any atom is 0.0901 e. The fourth-order valence-corrected chi connectivity index (χ4v) is 0.985. The summed E-state index contributed by atoms with van der Waals surface area (Å²) in [6.07, 6.45) is -0.510. The SMILES string of the molecule is [CH2-]N1CC[C@H](O)[C@H](O)C1. The first kappa shape index (κ1) is 6.99. The van der Waals surface area contributed by atoms with Crippen molar-refractivity contribution in [3.8, 4) is 0 Å². The van der Waals surface area contributed by atoms with E-state index < -0.39 is 12.2 Å². The Morgan fingerprint density at radius 2 is 2.00 bits per heavy atom. The van der Waals surface area contributed by atoms with Gasteiger partial charge in [-0.2, -0.15) is 0 Å². The molecule has 1 rings (SSSR count). The van der Waals surface area contributed by atoms with E-state index in [0.717, 1.165) is 6.54 Å². The third-order valence-corrected chi connectivity index (χ3v) is 1.63. The first-order valence-electron chi connectivity index (χ1n) is 3.11. The minimum absolute atomic E-state index is 0.487. The van der Waals surface area contributed by atoms with Crippen molar-refractivity contribution in [1.82, 2.24) is 4.90 Å². The van der Waals surface area contributed by atoms with Gasteiger partial charge in [0.25, 0.3) is 0 Å². The maximum atomic E-state index is 9.02. The van der Waals surface area contributed by atoms with Gasteiger partial charge in [0.2, 0.25) is 0 Å². The molecule has 0 aromatic carbocycles. The molecule has 0 saturated carbocycles. The topological polar surface area (TPSA) is 43.7 Å². The number of nitrogens with zero attached hydrogens (tertiary/aromatic N) is 1. The molecule has 54 valence electrons. The van der Waals surface area contributed by atoms with E-state index in [4.69, 9.17) is 10.2 Å². The molecule has 1 saturated heterocycles. The predicted molar refractivity (Wildman–Crippen MR) is 33.6 cm³/mol. The number of aliphatic hydroxyl groups is 2. The molecule has 0 aliphatic carbocycles. The molecule has 2 atom stereocenters. The molecule has 1 heterocycles. The summed E-state index contributed by atoms with van der Waals surface area (Å²) in [5.41, 5.74) is 0. The number of hydrogen-bond acceptors (Lipinski definition) is 3. The quantitative estimate of drug-likeness (QED) is 0.422. The standard InChI is InChI=1S/C6H12NO2/c1-7-3-2-5(8)6(9)4-7/h5-6,8-9H,1-4H2/q-1/t5-,6+/m0/s1. The minimum Gasteiger partial charge on any atom is -0.457 e. The zero-order chi connectivity index (χ0) is 6.85. The lowest BCUT2D eigenvalue weighted by atomic mass is 10.1. The van der Waals surface area contributed by atoms with Crippen molar-refractivity contribution >= 4 is 0 Å². The highest BCUT2D eigenvalue weighted by molar-refractivity contribution is 4.78. The Morgan fingerprint density at radius 3 is 2.44 bits per heavy atom. The fourth-order valence-electron chi connectivity index (χ4n) is 0.985. The fraction of sp³-hybridized carbons (Fsp3) is 0.833. The molecule has 0 bridgehead atoms. The summed E-state index contributed by atoms with van der Waals surface area (Å²) in [6.45, 7) is 1.26. The normalized spacial score (nSPS) is 39.0. The van der Waals surface area contributed by atoms with Crippen molar-refractivity contribution < 1.29 is 10.2 Å². The summed E-state index contributed by atoms with van der Waals surface area (Å²) < 4.78 is 0. The van der Waals surface area contributed by atoms with E-state index in [-0.39, 0.29) is 0 Å². The lowest BCUT2D eigenvalue weighted by molar-refractivity contribution is -0.0276. The summed E-state index contributed by atoms with van der Waals surface area (Å²) in [5, 5.41) is 18.0. The third kappa shape index (κ3) is 1.64. The summed E-state index contributed by atoms with van der Waals surface area (Å²) in [5.74, 6) is 0. The van der Waals surface area contributed by atoms with E-state index in [9.17, 15) is 0 Å². The lowest BCUT2D eigenvalue weighted by Crippen LogP contribution is -2.43. The van der Waals surface area contributed by atoms with Gasteiger partial charge in [0.15, 0.2) is 0 Å². The van der Waals surface area contributed by atoms with E-state index >= 15 is 0 Å². The van der Waals surface area contributed by atoms with Gasteiger partial charge in [0.05, 0.1) is 12.2 Å². The number of likely N-dealkylation sites (tertiary alicyclic amines) is 1. The van der Waals surface area contributed by atoms with Gasteiger partial charge in [-0.3, -0.25) is 7.05 Å². The molecular weight excluding hydrogens is 118 g/mol. The Bertz CT molecular complexity index is 97.1. The van der Waals surface area contributed by atoms with Crippen molar-refractivity contribution in [3.05, 3.63) is 7.05 Å². The van der Waals surface area contributed by atoms with Gasteiger partial charge >= 0.3 is 0 Å². The van der Waals surface area contributed by atoms with Gasteiger partial charge in [-0.1, -0.05) is 0 Å². The second-order valence-corrected chi connectivity index (χ2v) is 2.50. The Hall–Kier alpha value is -0.120. The highest BCUT2D eigenvalue weighted by Crippen LogP contribution is 2.08. The van der Waals surface area contributed by atoms with Crippen molar-refractivity contribution in [3.63, 3.8) is 0 Å². The van der Waals surface area contributed by atoms with Crippen molar-refractivity contribution in [2.75, 3.05) is 13.1 Å². The Labute approximate surface area is 54.9 Å². The highest BCUT2D eigenvalue weighted by atomic mass is 16.3. The highest BCUT2D eigenvalue weighted by Gasteiger charge is 2.20. The van der Waals surface area contributed by atoms with Crippen LogP contribution in [0.25, 0.3) is 0 Å². The molecule has 0 spiro atoms. The molecule has 3 nitrogen and oxygen atoms in total. The van der Waals surface area contributed by atoms with Crippen molar-refractivity contribution in [1.29, 1.82) is 0 Å². The van der Waals surface area contributed by atoms with Gasteiger partial charge < -0.3 is 15.1 Å². The predicted octanol–water partition coefficient (Wildman–Crippen LogP) is -0.795. The van der Waals surface area contributed by atoms with Gasteiger partial charge in [0.1, 0.15) is 0 Å². The van der Waals surface area contributed by atoms with E-state index in [1.165, 1.54) is 0 Å². The van der Waals surface area contributed by atoms with Crippen molar-refractivity contribution in [2.24, 2.45) is 0 Å². The average molecular weight is 130 g/mol. The van der Waals surface area contributed by atoms with E-state index in [0.29, 0.717) is 13.0 Å². The maximum absolute atomic E-state index is 9.02. The van der Waals surface area contributed by atoms with Gasteiger partial charge in [-0.15, -0.1) is 0 Å². The van der Waals surface area contributed by atoms with E-state index in [1.54, 1.807) is 4.90 Å². The molecule has 3 heteroatoms. The molecule has 0 amide bonds. The zero-order valence-electron chi connectivity index (χ0n) is 5.32. The Morgan fingerprint density at radius 1 is 1.33 bits per heavy atom. The van der Waals surface area contributed by atoms with Gasteiger partial charge in [0, 0.05) is 0 Å².